The average Bonchev–Trinajstić information content (AvgIpc) is 2.53. The van der Waals surface area contributed by atoms with Gasteiger partial charge in [0.1, 0.15) is 4.60 Å². The van der Waals surface area contributed by atoms with Crippen LogP contribution in [0.15, 0.2) is 41.4 Å². The quantitative estimate of drug-likeness (QED) is 0.741. The van der Waals surface area contributed by atoms with E-state index in [1.54, 1.807) is 23.3 Å². The van der Waals surface area contributed by atoms with E-state index in [1.807, 2.05) is 18.2 Å². The van der Waals surface area contributed by atoms with Crippen molar-refractivity contribution in [3.8, 4) is 5.69 Å². The van der Waals surface area contributed by atoms with Gasteiger partial charge in [0, 0.05) is 12.4 Å². The molecule has 0 amide bonds. The van der Waals surface area contributed by atoms with Gasteiger partial charge in [-0.3, -0.25) is 4.98 Å². The topological polar surface area (TPSA) is 30.7 Å². The molecule has 2 heterocycles. The van der Waals surface area contributed by atoms with Gasteiger partial charge in [-0.15, -0.1) is 0 Å². The summed E-state index contributed by atoms with van der Waals surface area (Å²) in [6.45, 7) is 0. The van der Waals surface area contributed by atoms with E-state index < -0.39 is 0 Å². The number of aromatic nitrogens is 3. The summed E-state index contributed by atoms with van der Waals surface area (Å²) in [7, 11) is 0. The molecule has 0 saturated heterocycles. The second-order valence-corrected chi connectivity index (χ2v) is 3.08. The number of nitrogens with zero attached hydrogens (tertiary/aromatic N) is 3. The molecule has 0 saturated carbocycles. The molecule has 0 radical (unpaired) electrons. The molecular formula is C8H6BrN3. The van der Waals surface area contributed by atoms with Gasteiger partial charge in [0.05, 0.1) is 11.9 Å². The Morgan fingerprint density at radius 3 is 2.42 bits per heavy atom. The summed E-state index contributed by atoms with van der Waals surface area (Å²) in [5, 5.41) is 4.13. The van der Waals surface area contributed by atoms with Crippen LogP contribution >= 0.6 is 15.9 Å². The molecule has 3 nitrogen and oxygen atoms in total. The van der Waals surface area contributed by atoms with E-state index in [0.717, 1.165) is 10.3 Å². The Bertz CT molecular complexity index is 369. The van der Waals surface area contributed by atoms with Gasteiger partial charge >= 0.3 is 0 Å². The predicted octanol–water partition coefficient (Wildman–Crippen LogP) is 2.03. The highest BCUT2D eigenvalue weighted by molar-refractivity contribution is 9.10. The maximum absolute atomic E-state index is 4.13. The van der Waals surface area contributed by atoms with E-state index in [0.29, 0.717) is 0 Å². The Balaban J connectivity index is 2.51. The fourth-order valence-corrected chi connectivity index (χ4v) is 1.38. The first-order valence-electron chi connectivity index (χ1n) is 3.48. The Morgan fingerprint density at radius 1 is 1.08 bits per heavy atom. The fourth-order valence-electron chi connectivity index (χ4n) is 0.963. The molecule has 4 heteroatoms. The SMILES string of the molecule is Brc1ccnn1-c1ccncc1. The van der Waals surface area contributed by atoms with Crippen LogP contribution in [0.2, 0.25) is 0 Å². The van der Waals surface area contributed by atoms with Crippen molar-refractivity contribution in [2.75, 3.05) is 0 Å². The van der Waals surface area contributed by atoms with Crippen molar-refractivity contribution in [1.29, 1.82) is 0 Å². The zero-order chi connectivity index (χ0) is 8.39. The van der Waals surface area contributed by atoms with Crippen molar-refractivity contribution in [2.24, 2.45) is 0 Å². The Labute approximate surface area is 78.2 Å². The summed E-state index contributed by atoms with van der Waals surface area (Å²) in [6, 6.07) is 5.69. The molecule has 0 spiro atoms. The molecule has 0 unspecified atom stereocenters. The van der Waals surface area contributed by atoms with E-state index in [4.69, 9.17) is 0 Å². The Morgan fingerprint density at radius 2 is 1.83 bits per heavy atom. The molecule has 0 aliphatic carbocycles. The molecule has 60 valence electrons. The lowest BCUT2D eigenvalue weighted by molar-refractivity contribution is 0.858. The highest BCUT2D eigenvalue weighted by Crippen LogP contribution is 2.13. The molecule has 0 aliphatic heterocycles. The van der Waals surface area contributed by atoms with Crippen LogP contribution in [-0.2, 0) is 0 Å². The fraction of sp³-hybridized carbons (Fsp3) is 0. The number of pyridine rings is 1. The van der Waals surface area contributed by atoms with Crippen LogP contribution in [0.5, 0.6) is 0 Å². The van der Waals surface area contributed by atoms with E-state index in [-0.39, 0.29) is 0 Å². The molecule has 2 aromatic rings. The van der Waals surface area contributed by atoms with Crippen molar-refractivity contribution in [1.82, 2.24) is 14.8 Å². The summed E-state index contributed by atoms with van der Waals surface area (Å²) in [5.74, 6) is 0. The van der Waals surface area contributed by atoms with Crippen molar-refractivity contribution in [3.05, 3.63) is 41.4 Å². The summed E-state index contributed by atoms with van der Waals surface area (Å²) < 4.78 is 2.73. The van der Waals surface area contributed by atoms with E-state index >= 15 is 0 Å². The molecule has 0 bridgehead atoms. The molecule has 2 aromatic heterocycles. The maximum Gasteiger partial charge on any atom is 0.109 e. The highest BCUT2D eigenvalue weighted by Gasteiger charge is 1.99. The first kappa shape index (κ1) is 7.49. The van der Waals surface area contributed by atoms with Crippen molar-refractivity contribution < 1.29 is 0 Å². The van der Waals surface area contributed by atoms with Gasteiger partial charge in [0.25, 0.3) is 0 Å². The van der Waals surface area contributed by atoms with Crippen molar-refractivity contribution in [3.63, 3.8) is 0 Å². The third kappa shape index (κ3) is 1.25. The first-order chi connectivity index (χ1) is 5.88. The number of halogens is 1. The minimum absolute atomic E-state index is 0.939. The number of rotatable bonds is 1. The van der Waals surface area contributed by atoms with Crippen LogP contribution < -0.4 is 0 Å². The summed E-state index contributed by atoms with van der Waals surface area (Å²) in [4.78, 5) is 3.93. The zero-order valence-corrected chi connectivity index (χ0v) is 7.77. The summed E-state index contributed by atoms with van der Waals surface area (Å²) in [6.07, 6.45) is 5.22. The van der Waals surface area contributed by atoms with Crippen LogP contribution in [0.25, 0.3) is 5.69 Å². The van der Waals surface area contributed by atoms with Gasteiger partial charge in [0.15, 0.2) is 0 Å². The normalized spacial score (nSPS) is 10.1. The zero-order valence-electron chi connectivity index (χ0n) is 6.18. The Hall–Kier alpha value is -1.16. The smallest absolute Gasteiger partial charge is 0.109 e. The van der Waals surface area contributed by atoms with Gasteiger partial charge in [-0.2, -0.15) is 5.10 Å². The van der Waals surface area contributed by atoms with Crippen molar-refractivity contribution in [2.45, 2.75) is 0 Å². The minimum Gasteiger partial charge on any atom is -0.265 e. The van der Waals surface area contributed by atoms with E-state index in [1.165, 1.54) is 0 Å². The summed E-state index contributed by atoms with van der Waals surface area (Å²) >= 11 is 3.38. The maximum atomic E-state index is 4.13. The Kier molecular flexibility index (Phi) is 1.91. The lowest BCUT2D eigenvalue weighted by Crippen LogP contribution is -1.95. The largest absolute Gasteiger partial charge is 0.265 e. The third-order valence-electron chi connectivity index (χ3n) is 1.50. The lowest BCUT2D eigenvalue weighted by atomic mass is 10.4. The van der Waals surface area contributed by atoms with Gasteiger partial charge in [-0.05, 0) is 34.1 Å². The van der Waals surface area contributed by atoms with Gasteiger partial charge < -0.3 is 0 Å². The molecule has 0 N–H and O–H groups in total. The van der Waals surface area contributed by atoms with Crippen LogP contribution in [0.3, 0.4) is 0 Å². The summed E-state index contributed by atoms with van der Waals surface area (Å²) in [5.41, 5.74) is 1.00. The molecule has 2 rings (SSSR count). The van der Waals surface area contributed by atoms with Crippen LogP contribution in [-0.4, -0.2) is 14.8 Å². The van der Waals surface area contributed by atoms with Gasteiger partial charge in [0.2, 0.25) is 0 Å². The molecule has 12 heavy (non-hydrogen) atoms. The van der Waals surface area contributed by atoms with Crippen LogP contribution in [0.1, 0.15) is 0 Å². The molecule has 0 fully saturated rings. The average molecular weight is 224 g/mol. The minimum atomic E-state index is 0.939. The second kappa shape index (κ2) is 3.06. The van der Waals surface area contributed by atoms with E-state index in [9.17, 15) is 0 Å². The van der Waals surface area contributed by atoms with Crippen LogP contribution in [0, 0.1) is 0 Å². The standard InChI is InChI=1S/C8H6BrN3/c9-8-3-6-11-12(8)7-1-4-10-5-2-7/h1-6H. The van der Waals surface area contributed by atoms with Gasteiger partial charge in [-0.25, -0.2) is 4.68 Å². The third-order valence-corrected chi connectivity index (χ3v) is 2.10. The molecule has 0 aromatic carbocycles. The van der Waals surface area contributed by atoms with Crippen molar-refractivity contribution >= 4 is 15.9 Å². The second-order valence-electron chi connectivity index (χ2n) is 2.27. The molecular weight excluding hydrogens is 218 g/mol. The predicted molar refractivity (Wildman–Crippen MR) is 49.1 cm³/mol. The van der Waals surface area contributed by atoms with Crippen LogP contribution in [0.4, 0.5) is 0 Å². The molecule has 0 atom stereocenters. The first-order valence-corrected chi connectivity index (χ1v) is 4.27. The lowest BCUT2D eigenvalue weighted by Gasteiger charge is -2.00. The number of hydrogen-bond acceptors (Lipinski definition) is 2. The number of hydrogen-bond donors (Lipinski definition) is 0. The van der Waals surface area contributed by atoms with Gasteiger partial charge in [-0.1, -0.05) is 0 Å². The molecule has 0 aliphatic rings. The highest BCUT2D eigenvalue weighted by atomic mass is 79.9. The monoisotopic (exact) mass is 223 g/mol. The van der Waals surface area contributed by atoms with E-state index in [2.05, 4.69) is 26.0 Å².